The average Bonchev–Trinajstić information content (AvgIpc) is 2.40. The summed E-state index contributed by atoms with van der Waals surface area (Å²) in [5.74, 6) is -0.547. The average molecular weight is 275 g/mol. The van der Waals surface area contributed by atoms with Crippen LogP contribution in [0, 0.1) is 6.92 Å². The number of hydrogen-bond acceptors (Lipinski definition) is 5. The van der Waals surface area contributed by atoms with E-state index in [0.717, 1.165) is 16.1 Å². The van der Waals surface area contributed by atoms with E-state index >= 15 is 0 Å². The number of aromatic nitrogens is 2. The van der Waals surface area contributed by atoms with Crippen molar-refractivity contribution < 1.29 is 9.90 Å². The van der Waals surface area contributed by atoms with Crippen LogP contribution < -0.4 is 5.73 Å². The van der Waals surface area contributed by atoms with Crippen LogP contribution in [0.5, 0.6) is 0 Å². The van der Waals surface area contributed by atoms with Crippen LogP contribution in [-0.4, -0.2) is 21.0 Å². The van der Waals surface area contributed by atoms with E-state index in [9.17, 15) is 4.79 Å². The first kappa shape index (κ1) is 13.4. The fourth-order valence-corrected chi connectivity index (χ4v) is 2.61. The number of aromatic carboxylic acids is 1. The smallest absolute Gasteiger partial charge is 0.339 e. The molecular weight excluding hydrogens is 262 g/mol. The van der Waals surface area contributed by atoms with Gasteiger partial charge in [-0.3, -0.25) is 0 Å². The first-order chi connectivity index (χ1) is 9.09. The van der Waals surface area contributed by atoms with Crippen molar-refractivity contribution in [3.8, 4) is 0 Å². The largest absolute Gasteiger partial charge is 0.478 e. The summed E-state index contributed by atoms with van der Waals surface area (Å²) in [6.07, 6.45) is 2.67. The standard InChI is InChI=1S/C13H13N3O2S/c1-8-10(14)3-2-4-12(8)19-6-11-9(13(17)18)5-15-7-16-11/h2-5,7H,6,14H2,1H3,(H,17,18). The van der Waals surface area contributed by atoms with Gasteiger partial charge in [-0.1, -0.05) is 6.07 Å². The van der Waals surface area contributed by atoms with Crippen molar-refractivity contribution in [1.82, 2.24) is 9.97 Å². The minimum Gasteiger partial charge on any atom is -0.478 e. The van der Waals surface area contributed by atoms with E-state index in [1.807, 2.05) is 25.1 Å². The van der Waals surface area contributed by atoms with Crippen LogP contribution in [0.25, 0.3) is 0 Å². The molecule has 0 saturated carbocycles. The molecule has 98 valence electrons. The Bertz CT molecular complexity index is 617. The minimum absolute atomic E-state index is 0.136. The van der Waals surface area contributed by atoms with Gasteiger partial charge in [-0.25, -0.2) is 14.8 Å². The zero-order valence-corrected chi connectivity index (χ0v) is 11.1. The maximum absolute atomic E-state index is 11.0. The van der Waals surface area contributed by atoms with Crippen LogP contribution in [-0.2, 0) is 5.75 Å². The van der Waals surface area contributed by atoms with Crippen molar-refractivity contribution in [3.05, 3.63) is 47.5 Å². The van der Waals surface area contributed by atoms with Crippen molar-refractivity contribution in [2.24, 2.45) is 0 Å². The second kappa shape index (κ2) is 5.71. The first-order valence-electron chi connectivity index (χ1n) is 5.59. The summed E-state index contributed by atoms with van der Waals surface area (Å²) in [4.78, 5) is 19.8. The summed E-state index contributed by atoms with van der Waals surface area (Å²) < 4.78 is 0. The molecule has 5 nitrogen and oxygen atoms in total. The third-order valence-corrected chi connectivity index (χ3v) is 3.89. The zero-order valence-electron chi connectivity index (χ0n) is 10.3. The molecule has 0 aliphatic rings. The molecule has 2 rings (SSSR count). The maximum atomic E-state index is 11.0. The Morgan fingerprint density at radius 2 is 2.26 bits per heavy atom. The fourth-order valence-electron chi connectivity index (χ4n) is 1.58. The Labute approximate surface area is 114 Å². The molecule has 0 spiro atoms. The number of carbonyl (C=O) groups is 1. The molecule has 0 unspecified atom stereocenters. The molecule has 6 heteroatoms. The molecular formula is C13H13N3O2S. The van der Waals surface area contributed by atoms with Gasteiger partial charge >= 0.3 is 5.97 Å². The summed E-state index contributed by atoms with van der Waals surface area (Å²) in [7, 11) is 0. The second-order valence-corrected chi connectivity index (χ2v) is 4.96. The molecule has 0 atom stereocenters. The molecule has 0 aliphatic carbocycles. The summed E-state index contributed by atoms with van der Waals surface area (Å²) in [5.41, 5.74) is 8.21. The molecule has 19 heavy (non-hydrogen) atoms. The van der Waals surface area contributed by atoms with Gasteiger partial charge in [-0.15, -0.1) is 11.8 Å². The molecule has 0 amide bonds. The maximum Gasteiger partial charge on any atom is 0.339 e. The van der Waals surface area contributed by atoms with Crippen molar-refractivity contribution in [2.45, 2.75) is 17.6 Å². The van der Waals surface area contributed by atoms with E-state index in [1.54, 1.807) is 0 Å². The molecule has 0 saturated heterocycles. The summed E-state index contributed by atoms with van der Waals surface area (Å²) in [6.45, 7) is 1.94. The highest BCUT2D eigenvalue weighted by Crippen LogP contribution is 2.29. The third-order valence-electron chi connectivity index (χ3n) is 2.72. The van der Waals surface area contributed by atoms with E-state index in [2.05, 4.69) is 9.97 Å². The lowest BCUT2D eigenvalue weighted by Gasteiger charge is -2.08. The highest BCUT2D eigenvalue weighted by Gasteiger charge is 2.12. The number of carboxylic acids is 1. The molecule has 3 N–H and O–H groups in total. The fraction of sp³-hybridized carbons (Fsp3) is 0.154. The predicted octanol–water partition coefficient (Wildman–Crippen LogP) is 2.36. The number of nitrogens with zero attached hydrogens (tertiary/aromatic N) is 2. The van der Waals surface area contributed by atoms with Gasteiger partial charge in [0.15, 0.2) is 0 Å². The van der Waals surface area contributed by atoms with E-state index in [-0.39, 0.29) is 5.56 Å². The quantitative estimate of drug-likeness (QED) is 0.657. The highest BCUT2D eigenvalue weighted by molar-refractivity contribution is 7.98. The van der Waals surface area contributed by atoms with Gasteiger partial charge in [0, 0.05) is 22.5 Å². The summed E-state index contributed by atoms with van der Waals surface area (Å²) in [5, 5.41) is 9.05. The topological polar surface area (TPSA) is 89.1 Å². The number of nitrogens with two attached hydrogens (primary N) is 1. The van der Waals surface area contributed by atoms with Crippen molar-refractivity contribution in [3.63, 3.8) is 0 Å². The number of anilines is 1. The zero-order chi connectivity index (χ0) is 13.8. The van der Waals surface area contributed by atoms with Crippen LogP contribution in [0.3, 0.4) is 0 Å². The Morgan fingerprint density at radius 3 is 3.00 bits per heavy atom. The lowest BCUT2D eigenvalue weighted by atomic mass is 10.2. The molecule has 1 aromatic heterocycles. The van der Waals surface area contributed by atoms with Gasteiger partial charge in [0.2, 0.25) is 0 Å². The van der Waals surface area contributed by atoms with E-state index in [0.29, 0.717) is 11.4 Å². The molecule has 0 radical (unpaired) electrons. The van der Waals surface area contributed by atoms with Crippen molar-refractivity contribution in [2.75, 3.05) is 5.73 Å². The SMILES string of the molecule is Cc1c(N)cccc1SCc1ncncc1C(=O)O. The monoisotopic (exact) mass is 275 g/mol. The lowest BCUT2D eigenvalue weighted by molar-refractivity contribution is 0.0695. The molecule has 1 aromatic carbocycles. The number of benzene rings is 1. The van der Waals surface area contributed by atoms with Gasteiger partial charge in [-0.2, -0.15) is 0 Å². The minimum atomic E-state index is -1.01. The van der Waals surface area contributed by atoms with Crippen LogP contribution in [0.2, 0.25) is 0 Å². The van der Waals surface area contributed by atoms with Crippen molar-refractivity contribution >= 4 is 23.4 Å². The normalized spacial score (nSPS) is 10.4. The lowest BCUT2D eigenvalue weighted by Crippen LogP contribution is -2.04. The van der Waals surface area contributed by atoms with Crippen LogP contribution >= 0.6 is 11.8 Å². The van der Waals surface area contributed by atoms with E-state index in [4.69, 9.17) is 10.8 Å². The number of hydrogen-bond donors (Lipinski definition) is 2. The van der Waals surface area contributed by atoms with Gasteiger partial charge in [0.05, 0.1) is 5.69 Å². The second-order valence-electron chi connectivity index (χ2n) is 3.95. The van der Waals surface area contributed by atoms with Crippen LogP contribution in [0.4, 0.5) is 5.69 Å². The van der Waals surface area contributed by atoms with E-state index < -0.39 is 5.97 Å². The van der Waals surface area contributed by atoms with Crippen LogP contribution in [0.1, 0.15) is 21.6 Å². The number of thioether (sulfide) groups is 1. The Hall–Kier alpha value is -2.08. The molecule has 2 aromatic rings. The Morgan fingerprint density at radius 1 is 1.47 bits per heavy atom. The van der Waals surface area contributed by atoms with Crippen LogP contribution in [0.15, 0.2) is 35.6 Å². The van der Waals surface area contributed by atoms with Gasteiger partial charge < -0.3 is 10.8 Å². The molecule has 0 aliphatic heterocycles. The summed E-state index contributed by atoms with van der Waals surface area (Å²) >= 11 is 1.51. The molecule has 0 fully saturated rings. The number of rotatable bonds is 4. The first-order valence-corrected chi connectivity index (χ1v) is 6.58. The van der Waals surface area contributed by atoms with Crippen molar-refractivity contribution in [1.29, 1.82) is 0 Å². The van der Waals surface area contributed by atoms with Gasteiger partial charge in [0.25, 0.3) is 0 Å². The number of nitrogen functional groups attached to an aromatic ring is 1. The molecule has 1 heterocycles. The van der Waals surface area contributed by atoms with Gasteiger partial charge in [0.1, 0.15) is 11.9 Å². The molecule has 0 bridgehead atoms. The Kier molecular flexibility index (Phi) is 4.01. The Balaban J connectivity index is 2.19. The third kappa shape index (κ3) is 3.03. The number of carboxylic acid groups (broad SMARTS) is 1. The van der Waals surface area contributed by atoms with E-state index in [1.165, 1.54) is 24.3 Å². The van der Waals surface area contributed by atoms with Gasteiger partial charge in [-0.05, 0) is 24.6 Å². The summed E-state index contributed by atoms with van der Waals surface area (Å²) in [6, 6.07) is 5.67. The highest BCUT2D eigenvalue weighted by atomic mass is 32.2. The predicted molar refractivity (Wildman–Crippen MR) is 74.1 cm³/mol.